The maximum atomic E-state index is 12.5. The fourth-order valence-electron chi connectivity index (χ4n) is 1.07. The van der Waals surface area contributed by atoms with Crippen molar-refractivity contribution in [1.82, 2.24) is 4.98 Å². The third-order valence-corrected chi connectivity index (χ3v) is 1.70. The number of aromatic carboxylic acids is 1. The van der Waals surface area contributed by atoms with Gasteiger partial charge in [0.05, 0.1) is 5.56 Å². The number of nitrogens with zero attached hydrogens (tertiary/aromatic N) is 1. The van der Waals surface area contributed by atoms with Crippen LogP contribution in [0, 0.1) is 0 Å². The highest BCUT2D eigenvalue weighted by Crippen LogP contribution is 2.36. The molecule has 1 heterocycles. The molecule has 0 aromatic carbocycles. The molecule has 5 nitrogen and oxygen atoms in total. The van der Waals surface area contributed by atoms with E-state index in [2.05, 4.69) is 9.72 Å². The fourth-order valence-corrected chi connectivity index (χ4v) is 1.07. The van der Waals surface area contributed by atoms with Crippen molar-refractivity contribution in [2.24, 2.45) is 0 Å². The van der Waals surface area contributed by atoms with Gasteiger partial charge in [-0.3, -0.25) is 0 Å². The summed E-state index contributed by atoms with van der Waals surface area (Å²) < 4.78 is 64.2. The summed E-state index contributed by atoms with van der Waals surface area (Å²) in [6, 6.07) is 0.268. The van der Waals surface area contributed by atoms with Crippen LogP contribution in [0.25, 0.3) is 0 Å². The van der Waals surface area contributed by atoms with E-state index in [1.165, 1.54) is 0 Å². The van der Waals surface area contributed by atoms with Gasteiger partial charge >= 0.3 is 12.3 Å². The van der Waals surface area contributed by atoms with Crippen molar-refractivity contribution < 1.29 is 36.6 Å². The molecular weight excluding hydrogens is 267 g/mol. The Kier molecular flexibility index (Phi) is 3.58. The highest BCUT2D eigenvalue weighted by molar-refractivity contribution is 5.86. The number of pyridine rings is 1. The van der Waals surface area contributed by atoms with Crippen LogP contribution in [0.5, 0.6) is 5.75 Å². The van der Waals surface area contributed by atoms with Crippen LogP contribution in [0.1, 0.15) is 22.5 Å². The molecule has 0 aliphatic rings. The monoisotopic (exact) mass is 272 g/mol. The molecule has 1 rings (SSSR count). The van der Waals surface area contributed by atoms with E-state index in [-0.39, 0.29) is 6.07 Å². The molecule has 1 aromatic heterocycles. The Morgan fingerprint density at radius 2 is 2.00 bits per heavy atom. The van der Waals surface area contributed by atoms with Gasteiger partial charge in [-0.25, -0.2) is 18.6 Å². The molecule has 100 valence electrons. The predicted octanol–water partition coefficient (Wildman–Crippen LogP) is 2.20. The van der Waals surface area contributed by atoms with Gasteiger partial charge in [0.1, 0.15) is 0 Å². The lowest BCUT2D eigenvalue weighted by atomic mass is 10.2. The van der Waals surface area contributed by atoms with Crippen LogP contribution in [0.15, 0.2) is 6.07 Å². The van der Waals surface area contributed by atoms with E-state index in [1.54, 1.807) is 0 Å². The third kappa shape index (κ3) is 3.18. The first-order valence-corrected chi connectivity index (χ1v) is 4.19. The van der Waals surface area contributed by atoms with Crippen LogP contribution in [0.3, 0.4) is 0 Å². The van der Waals surface area contributed by atoms with Crippen LogP contribution in [0.4, 0.5) is 27.8 Å². The standard InChI is InChI=1S/C8H5F5N2O3/c9-5(10)2-1-3(7(16)17)15-6(14)4(2)18-8(11,12)13/h1,5H,(H2,14,15)(H,16,17). The highest BCUT2D eigenvalue weighted by atomic mass is 19.4. The Morgan fingerprint density at radius 3 is 2.39 bits per heavy atom. The first kappa shape index (κ1) is 13.9. The summed E-state index contributed by atoms with van der Waals surface area (Å²) in [5.74, 6) is -4.19. The summed E-state index contributed by atoms with van der Waals surface area (Å²) in [7, 11) is 0. The molecule has 0 spiro atoms. The molecule has 10 heteroatoms. The van der Waals surface area contributed by atoms with Gasteiger partial charge in [0.15, 0.2) is 17.3 Å². The molecule has 0 saturated heterocycles. The third-order valence-electron chi connectivity index (χ3n) is 1.70. The number of anilines is 1. The summed E-state index contributed by atoms with van der Waals surface area (Å²) >= 11 is 0. The zero-order valence-corrected chi connectivity index (χ0v) is 8.33. The lowest BCUT2D eigenvalue weighted by Gasteiger charge is -2.14. The second kappa shape index (κ2) is 4.63. The number of carboxylic acids is 1. The van der Waals surface area contributed by atoms with Crippen molar-refractivity contribution in [3.8, 4) is 5.75 Å². The van der Waals surface area contributed by atoms with Crippen LogP contribution in [-0.2, 0) is 0 Å². The zero-order chi connectivity index (χ0) is 14.1. The van der Waals surface area contributed by atoms with Gasteiger partial charge in [-0.2, -0.15) is 0 Å². The first-order valence-electron chi connectivity index (χ1n) is 4.19. The lowest BCUT2D eigenvalue weighted by molar-refractivity contribution is -0.275. The summed E-state index contributed by atoms with van der Waals surface area (Å²) in [6.45, 7) is 0. The normalized spacial score (nSPS) is 11.7. The Morgan fingerprint density at radius 1 is 1.44 bits per heavy atom. The molecule has 0 radical (unpaired) electrons. The number of carboxylic acid groups (broad SMARTS) is 1. The van der Waals surface area contributed by atoms with E-state index in [4.69, 9.17) is 10.8 Å². The Labute approximate surface area is 96.0 Å². The number of carbonyl (C=O) groups is 1. The zero-order valence-electron chi connectivity index (χ0n) is 8.33. The molecule has 0 fully saturated rings. The van der Waals surface area contributed by atoms with Crippen molar-refractivity contribution in [2.75, 3.05) is 5.73 Å². The molecule has 0 aliphatic carbocycles. The summed E-state index contributed by atoms with van der Waals surface area (Å²) in [5.41, 5.74) is 2.77. The van der Waals surface area contributed by atoms with Gasteiger partial charge in [0.25, 0.3) is 6.43 Å². The van der Waals surface area contributed by atoms with E-state index >= 15 is 0 Å². The SMILES string of the molecule is Nc1nc(C(=O)O)cc(C(F)F)c1OC(F)(F)F. The van der Waals surface area contributed by atoms with Crippen LogP contribution in [0.2, 0.25) is 0 Å². The van der Waals surface area contributed by atoms with Crippen LogP contribution < -0.4 is 10.5 Å². The van der Waals surface area contributed by atoms with Crippen LogP contribution in [-0.4, -0.2) is 22.4 Å². The van der Waals surface area contributed by atoms with Gasteiger partial charge < -0.3 is 15.6 Å². The van der Waals surface area contributed by atoms with E-state index in [0.717, 1.165) is 0 Å². The largest absolute Gasteiger partial charge is 0.573 e. The second-order valence-corrected chi connectivity index (χ2v) is 2.96. The number of halogens is 5. The minimum absolute atomic E-state index is 0.268. The van der Waals surface area contributed by atoms with Crippen molar-refractivity contribution >= 4 is 11.8 Å². The number of hydrogen-bond acceptors (Lipinski definition) is 4. The maximum Gasteiger partial charge on any atom is 0.573 e. The summed E-state index contributed by atoms with van der Waals surface area (Å²) in [4.78, 5) is 13.5. The average molecular weight is 272 g/mol. The molecule has 0 unspecified atom stereocenters. The van der Waals surface area contributed by atoms with Gasteiger partial charge in [0.2, 0.25) is 0 Å². The Balaban J connectivity index is 3.36. The predicted molar refractivity (Wildman–Crippen MR) is 47.2 cm³/mol. The topological polar surface area (TPSA) is 85.4 Å². The quantitative estimate of drug-likeness (QED) is 0.824. The van der Waals surface area contributed by atoms with Gasteiger partial charge in [0, 0.05) is 0 Å². The molecule has 0 atom stereocenters. The Bertz CT molecular complexity index is 475. The van der Waals surface area contributed by atoms with Gasteiger partial charge in [-0.15, -0.1) is 13.2 Å². The summed E-state index contributed by atoms with van der Waals surface area (Å²) in [5, 5.41) is 8.51. The molecule has 3 N–H and O–H groups in total. The van der Waals surface area contributed by atoms with Crippen molar-refractivity contribution in [1.29, 1.82) is 0 Å². The second-order valence-electron chi connectivity index (χ2n) is 2.96. The molecule has 0 saturated carbocycles. The number of hydrogen-bond donors (Lipinski definition) is 2. The molecular formula is C8H5F5N2O3. The van der Waals surface area contributed by atoms with Gasteiger partial charge in [-0.1, -0.05) is 0 Å². The first-order chi connectivity index (χ1) is 8.11. The minimum atomic E-state index is -5.25. The molecule has 0 aliphatic heterocycles. The van der Waals surface area contributed by atoms with Gasteiger partial charge in [-0.05, 0) is 6.07 Å². The van der Waals surface area contributed by atoms with Crippen molar-refractivity contribution in [3.05, 3.63) is 17.3 Å². The van der Waals surface area contributed by atoms with Crippen molar-refractivity contribution in [2.45, 2.75) is 12.8 Å². The van der Waals surface area contributed by atoms with E-state index < -0.39 is 41.6 Å². The van der Waals surface area contributed by atoms with E-state index in [1.807, 2.05) is 0 Å². The number of nitrogens with two attached hydrogens (primary N) is 1. The molecule has 18 heavy (non-hydrogen) atoms. The molecule has 1 aromatic rings. The smallest absolute Gasteiger partial charge is 0.477 e. The average Bonchev–Trinajstić information content (AvgIpc) is 2.18. The number of aromatic nitrogens is 1. The van der Waals surface area contributed by atoms with E-state index in [0.29, 0.717) is 0 Å². The minimum Gasteiger partial charge on any atom is -0.477 e. The number of nitrogen functional groups attached to an aromatic ring is 1. The Hall–Kier alpha value is -2.13. The lowest BCUT2D eigenvalue weighted by Crippen LogP contribution is -2.20. The van der Waals surface area contributed by atoms with E-state index in [9.17, 15) is 26.7 Å². The van der Waals surface area contributed by atoms with Crippen LogP contribution >= 0.6 is 0 Å². The number of rotatable bonds is 3. The fraction of sp³-hybridized carbons (Fsp3) is 0.250. The number of ether oxygens (including phenoxy) is 1. The molecule has 0 bridgehead atoms. The van der Waals surface area contributed by atoms with Crippen molar-refractivity contribution in [3.63, 3.8) is 0 Å². The molecule has 0 amide bonds. The maximum absolute atomic E-state index is 12.5. The highest BCUT2D eigenvalue weighted by Gasteiger charge is 2.35. The number of alkyl halides is 5. The summed E-state index contributed by atoms with van der Waals surface area (Å²) in [6.07, 6.45) is -8.64.